The molecule has 1 aromatic carbocycles. The highest BCUT2D eigenvalue weighted by Crippen LogP contribution is 2.13. The Labute approximate surface area is 102 Å². The van der Waals surface area contributed by atoms with Crippen LogP contribution in [-0.2, 0) is 4.79 Å². The lowest BCUT2D eigenvalue weighted by Crippen LogP contribution is -2.32. The molecule has 0 saturated carbocycles. The number of carbonyl (C=O) groups is 1. The van der Waals surface area contributed by atoms with E-state index in [1.165, 1.54) is 5.56 Å². The normalized spacial score (nSPS) is 14.2. The summed E-state index contributed by atoms with van der Waals surface area (Å²) in [6.07, 6.45) is 0. The van der Waals surface area contributed by atoms with Gasteiger partial charge in [0.05, 0.1) is 6.04 Å². The second-order valence-corrected chi connectivity index (χ2v) is 4.50. The molecule has 1 rings (SSSR count). The van der Waals surface area contributed by atoms with Gasteiger partial charge < -0.3 is 5.32 Å². The lowest BCUT2D eigenvalue weighted by molar-refractivity contribution is -0.124. The van der Waals surface area contributed by atoms with E-state index in [4.69, 9.17) is 11.6 Å². The van der Waals surface area contributed by atoms with Crippen LogP contribution < -0.4 is 5.32 Å². The maximum absolute atomic E-state index is 11.6. The maximum Gasteiger partial charge on any atom is 0.224 e. The monoisotopic (exact) mass is 239 g/mol. The number of hydrogen-bond acceptors (Lipinski definition) is 1. The van der Waals surface area contributed by atoms with E-state index in [9.17, 15) is 4.79 Å². The largest absolute Gasteiger partial charge is 0.349 e. The second-order valence-electron chi connectivity index (χ2n) is 4.20. The summed E-state index contributed by atoms with van der Waals surface area (Å²) >= 11 is 5.64. The molecule has 1 N–H and O–H groups in total. The molecule has 0 radical (unpaired) electrons. The Morgan fingerprint density at radius 2 is 1.88 bits per heavy atom. The third-order valence-corrected chi connectivity index (χ3v) is 3.08. The van der Waals surface area contributed by atoms with Gasteiger partial charge in [0.15, 0.2) is 0 Å². The zero-order chi connectivity index (χ0) is 12.1. The van der Waals surface area contributed by atoms with Gasteiger partial charge in [-0.05, 0) is 19.4 Å². The number of amides is 1. The number of hydrogen-bond donors (Lipinski definition) is 1. The van der Waals surface area contributed by atoms with E-state index in [0.29, 0.717) is 5.88 Å². The fraction of sp³-hybridized carbons (Fsp3) is 0.462. The summed E-state index contributed by atoms with van der Waals surface area (Å²) in [7, 11) is 0. The molecule has 2 nitrogen and oxygen atoms in total. The van der Waals surface area contributed by atoms with Crippen LogP contribution in [-0.4, -0.2) is 11.8 Å². The van der Waals surface area contributed by atoms with E-state index in [-0.39, 0.29) is 17.9 Å². The van der Waals surface area contributed by atoms with Crippen LogP contribution in [0.3, 0.4) is 0 Å². The van der Waals surface area contributed by atoms with Crippen LogP contribution >= 0.6 is 11.6 Å². The van der Waals surface area contributed by atoms with Crippen LogP contribution in [0, 0.1) is 12.8 Å². The fourth-order valence-corrected chi connectivity index (χ4v) is 1.50. The summed E-state index contributed by atoms with van der Waals surface area (Å²) in [5.41, 5.74) is 2.33. The van der Waals surface area contributed by atoms with E-state index in [1.54, 1.807) is 0 Å². The Morgan fingerprint density at radius 1 is 1.31 bits per heavy atom. The molecule has 0 aliphatic rings. The minimum atomic E-state index is -0.144. The summed E-state index contributed by atoms with van der Waals surface area (Å²) in [4.78, 5) is 11.6. The lowest BCUT2D eigenvalue weighted by atomic mass is 10.1. The predicted octanol–water partition coefficient (Wildman–Crippen LogP) is 3.05. The van der Waals surface area contributed by atoms with Gasteiger partial charge in [-0.25, -0.2) is 0 Å². The molecule has 0 fully saturated rings. The van der Waals surface area contributed by atoms with Crippen molar-refractivity contribution in [3.8, 4) is 0 Å². The first-order valence-electron chi connectivity index (χ1n) is 5.47. The minimum absolute atomic E-state index is 0.00285. The van der Waals surface area contributed by atoms with Crippen molar-refractivity contribution in [2.45, 2.75) is 26.8 Å². The van der Waals surface area contributed by atoms with Crippen molar-refractivity contribution >= 4 is 17.5 Å². The van der Waals surface area contributed by atoms with Gasteiger partial charge in [0.1, 0.15) is 0 Å². The smallest absolute Gasteiger partial charge is 0.224 e. The first-order chi connectivity index (χ1) is 7.54. The van der Waals surface area contributed by atoms with E-state index in [2.05, 4.69) is 5.32 Å². The molecule has 0 aliphatic heterocycles. The Balaban J connectivity index is 2.62. The molecule has 0 heterocycles. The van der Waals surface area contributed by atoms with E-state index >= 15 is 0 Å². The van der Waals surface area contributed by atoms with E-state index < -0.39 is 0 Å². The third kappa shape index (κ3) is 3.53. The standard InChI is InChI=1S/C13H18ClNO/c1-9-4-6-12(7-5-9)11(3)15-13(16)10(2)8-14/h4-7,10-11H,8H2,1-3H3,(H,15,16)/t10?,11-/m1/s1. The van der Waals surface area contributed by atoms with Crippen LogP contribution in [0.15, 0.2) is 24.3 Å². The van der Waals surface area contributed by atoms with Crippen LogP contribution in [0.2, 0.25) is 0 Å². The molecule has 2 atom stereocenters. The Hall–Kier alpha value is -1.02. The summed E-state index contributed by atoms with van der Waals surface area (Å²) in [6.45, 7) is 5.84. The SMILES string of the molecule is Cc1ccc([C@@H](C)NC(=O)C(C)CCl)cc1. The number of nitrogens with one attached hydrogen (secondary N) is 1. The first kappa shape index (κ1) is 13.0. The number of benzene rings is 1. The van der Waals surface area contributed by atoms with Crippen LogP contribution in [0.5, 0.6) is 0 Å². The maximum atomic E-state index is 11.6. The van der Waals surface area contributed by atoms with Gasteiger partial charge >= 0.3 is 0 Å². The topological polar surface area (TPSA) is 29.1 Å². The molecule has 0 bridgehead atoms. The molecular formula is C13H18ClNO. The summed E-state index contributed by atoms with van der Waals surface area (Å²) in [5, 5.41) is 2.94. The number of carbonyl (C=O) groups excluding carboxylic acids is 1. The zero-order valence-electron chi connectivity index (χ0n) is 9.96. The molecule has 0 aliphatic carbocycles. The second kappa shape index (κ2) is 5.90. The molecule has 0 saturated heterocycles. The average Bonchev–Trinajstić information content (AvgIpc) is 2.28. The number of aryl methyl sites for hydroxylation is 1. The minimum Gasteiger partial charge on any atom is -0.349 e. The molecule has 88 valence electrons. The van der Waals surface area contributed by atoms with Crippen LogP contribution in [0.25, 0.3) is 0 Å². The van der Waals surface area contributed by atoms with Crippen molar-refractivity contribution in [2.75, 3.05) is 5.88 Å². The highest BCUT2D eigenvalue weighted by Gasteiger charge is 2.14. The van der Waals surface area contributed by atoms with Gasteiger partial charge in [0, 0.05) is 11.8 Å². The van der Waals surface area contributed by atoms with Gasteiger partial charge in [0.2, 0.25) is 5.91 Å². The van der Waals surface area contributed by atoms with Gasteiger partial charge in [0.25, 0.3) is 0 Å². The first-order valence-corrected chi connectivity index (χ1v) is 6.01. The molecular weight excluding hydrogens is 222 g/mol. The van der Waals surface area contributed by atoms with Gasteiger partial charge in [-0.1, -0.05) is 36.8 Å². The van der Waals surface area contributed by atoms with Gasteiger partial charge in [-0.3, -0.25) is 4.79 Å². The molecule has 1 amide bonds. The molecule has 0 aromatic heterocycles. The van der Waals surface area contributed by atoms with Gasteiger partial charge in [-0.2, -0.15) is 0 Å². The molecule has 16 heavy (non-hydrogen) atoms. The average molecular weight is 240 g/mol. The lowest BCUT2D eigenvalue weighted by Gasteiger charge is -2.16. The van der Waals surface area contributed by atoms with Crippen molar-refractivity contribution in [3.05, 3.63) is 35.4 Å². The van der Waals surface area contributed by atoms with Crippen LogP contribution in [0.1, 0.15) is 31.0 Å². The Morgan fingerprint density at radius 3 is 2.38 bits per heavy atom. The quantitative estimate of drug-likeness (QED) is 0.804. The van der Waals surface area contributed by atoms with Crippen molar-refractivity contribution < 1.29 is 4.79 Å². The van der Waals surface area contributed by atoms with Crippen molar-refractivity contribution in [1.29, 1.82) is 0 Å². The number of rotatable bonds is 4. The van der Waals surface area contributed by atoms with Crippen molar-refractivity contribution in [1.82, 2.24) is 5.32 Å². The van der Waals surface area contributed by atoms with Crippen molar-refractivity contribution in [3.63, 3.8) is 0 Å². The van der Waals surface area contributed by atoms with Gasteiger partial charge in [-0.15, -0.1) is 11.6 Å². The summed E-state index contributed by atoms with van der Waals surface area (Å²) in [5.74, 6) is 0.213. The highest BCUT2D eigenvalue weighted by atomic mass is 35.5. The molecule has 1 aromatic rings. The number of alkyl halides is 1. The highest BCUT2D eigenvalue weighted by molar-refractivity contribution is 6.19. The molecule has 3 heteroatoms. The van der Waals surface area contributed by atoms with E-state index in [0.717, 1.165) is 5.56 Å². The Bertz CT molecular complexity index is 347. The molecule has 0 spiro atoms. The summed E-state index contributed by atoms with van der Waals surface area (Å²) < 4.78 is 0. The van der Waals surface area contributed by atoms with Crippen LogP contribution in [0.4, 0.5) is 0 Å². The van der Waals surface area contributed by atoms with Crippen molar-refractivity contribution in [2.24, 2.45) is 5.92 Å². The molecule has 1 unspecified atom stereocenters. The fourth-order valence-electron chi connectivity index (χ4n) is 1.36. The Kier molecular flexibility index (Phi) is 4.81. The predicted molar refractivity (Wildman–Crippen MR) is 67.6 cm³/mol. The number of halogens is 1. The zero-order valence-corrected chi connectivity index (χ0v) is 10.7. The summed E-state index contributed by atoms with van der Waals surface area (Å²) in [6, 6.07) is 8.18. The third-order valence-electron chi connectivity index (χ3n) is 2.62. The van der Waals surface area contributed by atoms with E-state index in [1.807, 2.05) is 45.0 Å².